The molecular formula is C28H42N4OS. The smallest absolute Gasteiger partial charge is 0.299 e. The van der Waals surface area contributed by atoms with Crippen molar-refractivity contribution in [3.05, 3.63) is 40.8 Å². The molecule has 2 atom stereocenters. The summed E-state index contributed by atoms with van der Waals surface area (Å²) in [5, 5.41) is 0.585. The van der Waals surface area contributed by atoms with E-state index in [1.165, 1.54) is 28.4 Å². The summed E-state index contributed by atoms with van der Waals surface area (Å²) in [6, 6.07) is 4.39. The summed E-state index contributed by atoms with van der Waals surface area (Å²) in [7, 11) is 2.16. The van der Waals surface area contributed by atoms with Crippen LogP contribution in [0.4, 0.5) is 0 Å². The van der Waals surface area contributed by atoms with Gasteiger partial charge in [0.2, 0.25) is 0 Å². The monoisotopic (exact) mass is 482 g/mol. The molecule has 1 aliphatic heterocycles. The van der Waals surface area contributed by atoms with Gasteiger partial charge in [-0.3, -0.25) is 4.99 Å². The van der Waals surface area contributed by atoms with Crippen LogP contribution in [0.2, 0.25) is 0 Å². The van der Waals surface area contributed by atoms with E-state index in [1.54, 1.807) is 0 Å². The van der Waals surface area contributed by atoms with E-state index in [0.717, 1.165) is 55.1 Å². The van der Waals surface area contributed by atoms with Crippen molar-refractivity contribution in [2.24, 2.45) is 22.2 Å². The van der Waals surface area contributed by atoms with Gasteiger partial charge in [0.25, 0.3) is 5.19 Å². The van der Waals surface area contributed by atoms with Crippen LogP contribution in [-0.2, 0) is 6.42 Å². The molecule has 2 heterocycles. The highest BCUT2D eigenvalue weighted by Gasteiger charge is 2.30. The van der Waals surface area contributed by atoms with Crippen LogP contribution in [0.25, 0.3) is 5.57 Å². The first-order chi connectivity index (χ1) is 16.0. The van der Waals surface area contributed by atoms with Gasteiger partial charge in [0.05, 0.1) is 0 Å². The summed E-state index contributed by atoms with van der Waals surface area (Å²) in [4.78, 5) is 12.0. The Morgan fingerprint density at radius 3 is 2.53 bits per heavy atom. The molecule has 1 aromatic heterocycles. The summed E-state index contributed by atoms with van der Waals surface area (Å²) in [6.45, 7) is 19.9. The summed E-state index contributed by atoms with van der Waals surface area (Å²) >= 11 is 1.32. The standard InChI is InChI=1S/C28H42N4OS/c1-10-21-16-25(28(6,7)8)29-17-23(20(21)5)26-30-27(34-31-26)33-24-15-18(3)22(14-19(24)4)12-13-32(9)11-2/h14-15,17,20-21H,10-13,16H2,1-9H3. The number of benzene rings is 1. The summed E-state index contributed by atoms with van der Waals surface area (Å²) in [5.74, 6) is 2.48. The fourth-order valence-electron chi connectivity index (χ4n) is 4.42. The van der Waals surface area contributed by atoms with E-state index in [-0.39, 0.29) is 5.41 Å². The molecule has 3 rings (SSSR count). The van der Waals surface area contributed by atoms with Crippen molar-refractivity contribution in [2.75, 3.05) is 20.1 Å². The Bertz CT molecular complexity index is 1050. The maximum absolute atomic E-state index is 6.23. The van der Waals surface area contributed by atoms with Crippen LogP contribution in [0.15, 0.2) is 23.3 Å². The molecule has 0 bridgehead atoms. The molecule has 5 nitrogen and oxygen atoms in total. The van der Waals surface area contributed by atoms with Gasteiger partial charge in [0.15, 0.2) is 5.82 Å². The lowest BCUT2D eigenvalue weighted by atomic mass is 9.78. The van der Waals surface area contributed by atoms with Crippen molar-refractivity contribution in [2.45, 2.75) is 74.7 Å². The van der Waals surface area contributed by atoms with Crippen LogP contribution in [0, 0.1) is 31.1 Å². The van der Waals surface area contributed by atoms with Crippen molar-refractivity contribution in [1.82, 2.24) is 14.3 Å². The molecule has 0 N–H and O–H groups in total. The number of hydrogen-bond donors (Lipinski definition) is 0. The highest BCUT2D eigenvalue weighted by molar-refractivity contribution is 7.07. The Morgan fingerprint density at radius 2 is 1.88 bits per heavy atom. The third kappa shape index (κ3) is 6.33. The normalized spacial score (nSPS) is 19.1. The van der Waals surface area contributed by atoms with Gasteiger partial charge in [-0.25, -0.2) is 0 Å². The average molecular weight is 483 g/mol. The number of aromatic nitrogens is 2. The topological polar surface area (TPSA) is 50.6 Å². The summed E-state index contributed by atoms with van der Waals surface area (Å²) in [5.41, 5.74) is 6.19. The number of rotatable bonds is 8. The Balaban J connectivity index is 1.82. The first-order valence-corrected chi connectivity index (χ1v) is 13.4. The van der Waals surface area contributed by atoms with Gasteiger partial charge < -0.3 is 9.64 Å². The third-order valence-corrected chi connectivity index (χ3v) is 7.80. The molecule has 0 saturated heterocycles. The number of ether oxygens (including phenoxy) is 1. The van der Waals surface area contributed by atoms with Gasteiger partial charge in [0, 0.05) is 41.0 Å². The second-order valence-corrected chi connectivity index (χ2v) is 11.5. The molecule has 2 aromatic rings. The molecule has 2 unspecified atom stereocenters. The maximum atomic E-state index is 6.23. The van der Waals surface area contributed by atoms with E-state index in [1.807, 2.05) is 6.20 Å². The highest BCUT2D eigenvalue weighted by atomic mass is 32.1. The Hall–Kier alpha value is -2.05. The fourth-order valence-corrected chi connectivity index (χ4v) is 4.98. The minimum Gasteiger partial charge on any atom is -0.430 e. The lowest BCUT2D eigenvalue weighted by Gasteiger charge is -2.26. The Kier molecular flexibility index (Phi) is 8.69. The number of hydrogen-bond acceptors (Lipinski definition) is 6. The lowest BCUT2D eigenvalue weighted by Crippen LogP contribution is -2.24. The van der Waals surface area contributed by atoms with Gasteiger partial charge >= 0.3 is 0 Å². The van der Waals surface area contributed by atoms with Crippen molar-refractivity contribution in [3.63, 3.8) is 0 Å². The fraction of sp³-hybridized carbons (Fsp3) is 0.607. The van der Waals surface area contributed by atoms with Gasteiger partial charge in [-0.15, -0.1) is 0 Å². The lowest BCUT2D eigenvalue weighted by molar-refractivity contribution is 0.357. The first-order valence-electron chi connectivity index (χ1n) is 12.6. The number of nitrogens with zero attached hydrogens (tertiary/aromatic N) is 4. The second kappa shape index (κ2) is 11.1. The van der Waals surface area contributed by atoms with E-state index in [4.69, 9.17) is 14.7 Å². The highest BCUT2D eigenvalue weighted by Crippen LogP contribution is 2.38. The third-order valence-electron chi connectivity index (χ3n) is 7.20. The zero-order chi connectivity index (χ0) is 25.0. The van der Waals surface area contributed by atoms with Gasteiger partial charge in [-0.05, 0) is 74.9 Å². The largest absolute Gasteiger partial charge is 0.430 e. The van der Waals surface area contributed by atoms with Crippen LogP contribution in [-0.4, -0.2) is 40.1 Å². The zero-order valence-corrected chi connectivity index (χ0v) is 23.3. The number of likely N-dealkylation sites (N-methyl/N-ethyl adjacent to an activating group) is 1. The van der Waals surface area contributed by atoms with Crippen molar-refractivity contribution >= 4 is 22.8 Å². The molecule has 0 spiro atoms. The molecule has 34 heavy (non-hydrogen) atoms. The molecule has 1 aromatic carbocycles. The summed E-state index contributed by atoms with van der Waals surface area (Å²) in [6.07, 6.45) is 5.18. The quantitative estimate of drug-likeness (QED) is 0.395. The Morgan fingerprint density at radius 1 is 1.15 bits per heavy atom. The molecule has 0 radical (unpaired) electrons. The number of aryl methyl sites for hydroxylation is 2. The van der Waals surface area contributed by atoms with Crippen LogP contribution in [0.1, 0.15) is 76.9 Å². The van der Waals surface area contributed by atoms with Gasteiger partial charge in [-0.2, -0.15) is 9.36 Å². The summed E-state index contributed by atoms with van der Waals surface area (Å²) < 4.78 is 10.9. The molecule has 186 valence electrons. The minimum atomic E-state index is 0.0658. The minimum absolute atomic E-state index is 0.0658. The molecule has 0 amide bonds. The predicted octanol–water partition coefficient (Wildman–Crippen LogP) is 7.34. The SMILES string of the molecule is CCC1CC(C(C)(C)C)=NC=C(c2nsc(Oc3cc(C)c(CCN(C)CC)cc3C)n2)C1C. The zero-order valence-electron chi connectivity index (χ0n) is 22.5. The van der Waals surface area contributed by atoms with E-state index >= 15 is 0 Å². The van der Waals surface area contributed by atoms with Gasteiger partial charge in [0.1, 0.15) is 5.75 Å². The van der Waals surface area contributed by atoms with Crippen LogP contribution < -0.4 is 4.74 Å². The second-order valence-electron chi connectivity index (χ2n) is 10.7. The van der Waals surface area contributed by atoms with E-state index in [0.29, 0.717) is 17.0 Å². The molecular weight excluding hydrogens is 440 g/mol. The van der Waals surface area contributed by atoms with Crippen LogP contribution >= 0.6 is 11.5 Å². The Labute approximate surface area is 210 Å². The van der Waals surface area contributed by atoms with E-state index in [9.17, 15) is 0 Å². The predicted molar refractivity (Wildman–Crippen MR) is 145 cm³/mol. The first kappa shape index (κ1) is 26.6. The maximum Gasteiger partial charge on any atom is 0.299 e. The molecule has 1 aliphatic rings. The molecule has 0 fully saturated rings. The number of aliphatic imine (C=N–C) groups is 1. The van der Waals surface area contributed by atoms with Crippen molar-refractivity contribution in [3.8, 4) is 10.9 Å². The van der Waals surface area contributed by atoms with Crippen molar-refractivity contribution in [1.29, 1.82) is 0 Å². The van der Waals surface area contributed by atoms with E-state index in [2.05, 4.69) is 83.8 Å². The van der Waals surface area contributed by atoms with Crippen LogP contribution in [0.5, 0.6) is 10.9 Å². The van der Waals surface area contributed by atoms with Crippen LogP contribution in [0.3, 0.4) is 0 Å². The molecule has 0 aliphatic carbocycles. The van der Waals surface area contributed by atoms with E-state index < -0.39 is 0 Å². The number of allylic oxidation sites excluding steroid dienone is 1. The molecule has 6 heteroatoms. The van der Waals surface area contributed by atoms with Crippen molar-refractivity contribution < 1.29 is 4.74 Å². The van der Waals surface area contributed by atoms with Gasteiger partial charge in [-0.1, -0.05) is 54.0 Å². The molecule has 0 saturated carbocycles. The average Bonchev–Trinajstić information content (AvgIpc) is 3.16.